The van der Waals surface area contributed by atoms with Crippen molar-refractivity contribution in [2.24, 2.45) is 34.8 Å². The van der Waals surface area contributed by atoms with Crippen molar-refractivity contribution in [3.8, 4) is 0 Å². The second-order valence-electron chi connectivity index (χ2n) is 5.50. The summed E-state index contributed by atoms with van der Waals surface area (Å²) >= 11 is 0. The standard InChI is InChI=1S/2C7H16N2O.C2H3NO2/c2*1-6(7(9)10)4-2-3-5-8;4-1-3-2-5/h2*6H,2-5,8H2,1H3,(H2,9,10);1-2H,(H,3,4,5)/i;;1H,2D. The fourth-order valence-electron chi connectivity index (χ4n) is 1.50. The molecule has 0 aromatic heterocycles. The van der Waals surface area contributed by atoms with E-state index in [9.17, 15) is 19.2 Å². The first-order valence-corrected chi connectivity index (χ1v) is 8.26. The Bertz CT molecular complexity index is 401. The molecule has 0 aromatic rings. The van der Waals surface area contributed by atoms with Crippen LogP contribution in [0.2, 0.25) is 0 Å². The molecule has 0 fully saturated rings. The zero-order chi connectivity index (χ0) is 21.8. The fourth-order valence-corrected chi connectivity index (χ4v) is 1.50. The number of carbonyl (C=O) groups excluding carboxylic acids is 4. The molecule has 0 aliphatic heterocycles. The van der Waals surface area contributed by atoms with Crippen molar-refractivity contribution in [2.75, 3.05) is 13.1 Å². The van der Waals surface area contributed by atoms with Gasteiger partial charge < -0.3 is 28.3 Å². The highest BCUT2D eigenvalue weighted by molar-refractivity contribution is 5.76. The molecule has 0 aliphatic carbocycles. The molecule has 4 amide bonds. The maximum atomic E-state index is 10.5. The molecule has 9 N–H and O–H groups in total. The van der Waals surface area contributed by atoms with Crippen LogP contribution in [0.25, 0.3) is 0 Å². The van der Waals surface area contributed by atoms with Crippen molar-refractivity contribution in [3.63, 3.8) is 0 Å². The van der Waals surface area contributed by atoms with Crippen LogP contribution in [0.4, 0.5) is 0 Å². The largest absolute Gasteiger partial charge is 0.369 e. The molecule has 148 valence electrons. The van der Waals surface area contributed by atoms with Gasteiger partial charge >= 0.3 is 0 Å². The quantitative estimate of drug-likeness (QED) is 0.254. The second kappa shape index (κ2) is 22.0. The average molecular weight is 362 g/mol. The van der Waals surface area contributed by atoms with E-state index in [1.165, 1.54) is 5.32 Å². The molecule has 0 rings (SSSR count). The lowest BCUT2D eigenvalue weighted by atomic mass is 10.0. The van der Waals surface area contributed by atoms with E-state index in [-0.39, 0.29) is 23.7 Å². The Morgan fingerprint density at radius 1 is 1.00 bits per heavy atom. The number of rotatable bonds is 10. The van der Waals surface area contributed by atoms with Crippen LogP contribution in [0.5, 0.6) is 0 Å². The summed E-state index contributed by atoms with van der Waals surface area (Å²) in [6, 6.07) is 0. The SMILES string of the molecule is CC(CCCCN)C(N)=O.CC(CCCCN)C(N)=O.[1H]C(=O)NC([2H])=O. The number of nitrogens with two attached hydrogens (primary N) is 4. The summed E-state index contributed by atoms with van der Waals surface area (Å²) < 4.78 is 12.0. The summed E-state index contributed by atoms with van der Waals surface area (Å²) in [4.78, 5) is 39.9. The Kier molecular flexibility index (Phi) is 20.2. The van der Waals surface area contributed by atoms with Crippen molar-refractivity contribution < 1.29 is 21.9 Å². The summed E-state index contributed by atoms with van der Waals surface area (Å²) in [5, 5.41) is 1.36. The predicted molar refractivity (Wildman–Crippen MR) is 97.8 cm³/mol. The molecular weight excluding hydrogens is 326 g/mol. The first-order valence-electron chi connectivity index (χ1n) is 9.26. The molecule has 2 atom stereocenters. The third-order valence-electron chi connectivity index (χ3n) is 3.26. The molecule has 0 saturated heterocycles. The average Bonchev–Trinajstić information content (AvgIpc) is 2.54. The fraction of sp³-hybridized carbons (Fsp3) is 0.750. The highest BCUT2D eigenvalue weighted by Gasteiger charge is 2.07. The molecule has 0 spiro atoms. The number of nitrogens with one attached hydrogen (secondary N) is 1. The van der Waals surface area contributed by atoms with Gasteiger partial charge in [0.25, 0.3) is 0 Å². The van der Waals surface area contributed by atoms with E-state index in [1.807, 2.05) is 13.8 Å². The highest BCUT2D eigenvalue weighted by atomic mass is 16.2. The topological polar surface area (TPSA) is 184 Å². The number of unbranched alkanes of at least 4 members (excludes halogenated alkanes) is 2. The van der Waals surface area contributed by atoms with Crippen molar-refractivity contribution in [1.29, 1.82) is 0 Å². The van der Waals surface area contributed by atoms with Gasteiger partial charge in [-0.15, -0.1) is 0 Å². The van der Waals surface area contributed by atoms with Crippen LogP contribution in [-0.2, 0) is 19.2 Å². The zero-order valence-corrected chi connectivity index (χ0v) is 15.3. The van der Waals surface area contributed by atoms with Gasteiger partial charge in [0.05, 0.1) is 0 Å². The van der Waals surface area contributed by atoms with E-state index < -0.39 is 12.8 Å². The molecule has 0 aliphatic rings. The Balaban J connectivity index is -0.000000326. The minimum Gasteiger partial charge on any atom is -0.369 e. The summed E-state index contributed by atoms with van der Waals surface area (Å²) in [6.07, 6.45) is 3.20. The van der Waals surface area contributed by atoms with Gasteiger partial charge in [-0.2, -0.15) is 0 Å². The van der Waals surface area contributed by atoms with Gasteiger partial charge in [-0.3, -0.25) is 19.2 Å². The van der Waals surface area contributed by atoms with Gasteiger partial charge in [-0.25, -0.2) is 0 Å². The maximum absolute atomic E-state index is 10.5. The highest BCUT2D eigenvalue weighted by Crippen LogP contribution is 2.06. The molecule has 9 heteroatoms. The lowest BCUT2D eigenvalue weighted by Crippen LogP contribution is -2.20. The van der Waals surface area contributed by atoms with Crippen molar-refractivity contribution >= 4 is 24.6 Å². The van der Waals surface area contributed by atoms with Crippen LogP contribution in [-0.4, -0.2) is 37.7 Å². The zero-order valence-electron chi connectivity index (χ0n) is 17.3. The molecule has 0 heterocycles. The van der Waals surface area contributed by atoms with Crippen LogP contribution in [0.15, 0.2) is 0 Å². The number of hydrogen-bond acceptors (Lipinski definition) is 6. The van der Waals surface area contributed by atoms with E-state index in [0.29, 0.717) is 13.1 Å². The lowest BCUT2D eigenvalue weighted by molar-refractivity contribution is -0.122. The van der Waals surface area contributed by atoms with Gasteiger partial charge in [-0.05, 0) is 38.8 Å². The summed E-state index contributed by atoms with van der Waals surface area (Å²) in [5.74, 6) is -0.410. The lowest BCUT2D eigenvalue weighted by Gasteiger charge is -2.04. The molecule has 9 nitrogen and oxygen atoms in total. The van der Waals surface area contributed by atoms with E-state index >= 15 is 0 Å². The first kappa shape index (κ1) is 23.0. The van der Waals surface area contributed by atoms with Gasteiger partial charge in [-0.1, -0.05) is 26.7 Å². The van der Waals surface area contributed by atoms with Crippen molar-refractivity contribution in [1.82, 2.24) is 5.32 Å². The number of amides is 4. The number of hydrogen-bond donors (Lipinski definition) is 5. The monoisotopic (exact) mass is 362 g/mol. The van der Waals surface area contributed by atoms with Gasteiger partial charge in [0.15, 0.2) is 0 Å². The van der Waals surface area contributed by atoms with Crippen LogP contribution >= 0.6 is 0 Å². The van der Waals surface area contributed by atoms with E-state index in [4.69, 9.17) is 25.7 Å². The number of primary amides is 2. The Morgan fingerprint density at radius 2 is 1.36 bits per heavy atom. The van der Waals surface area contributed by atoms with Gasteiger partial charge in [0.1, 0.15) is 2.74 Å². The first-order chi connectivity index (χ1) is 12.5. The Hall–Kier alpha value is -2.00. The minimum absolute atomic E-state index is 0.00606. The molecular formula is C16H35N5O4. The maximum Gasteiger partial charge on any atom is 0.220 e. The summed E-state index contributed by atoms with van der Waals surface area (Å²) in [5.41, 5.74) is 20.6. The van der Waals surface area contributed by atoms with Crippen LogP contribution in [0.3, 0.4) is 0 Å². The summed E-state index contributed by atoms with van der Waals surface area (Å²) in [6.45, 7) is 5.09. The number of imide groups is 1. The molecule has 0 aromatic carbocycles. The van der Waals surface area contributed by atoms with E-state index in [1.54, 1.807) is 0 Å². The van der Waals surface area contributed by atoms with Crippen molar-refractivity contribution in [2.45, 2.75) is 52.4 Å². The Labute approximate surface area is 153 Å². The number of carbonyl (C=O) groups is 4. The third kappa shape index (κ3) is 27.2. The summed E-state index contributed by atoms with van der Waals surface area (Å²) in [7, 11) is 0. The minimum atomic E-state index is -1.25. The second-order valence-corrected chi connectivity index (χ2v) is 5.50. The molecule has 0 saturated carbocycles. The normalized spacial score (nSPS) is 12.6. The molecule has 0 radical (unpaired) electrons. The molecule has 25 heavy (non-hydrogen) atoms. The molecule has 2 unspecified atom stereocenters. The van der Waals surface area contributed by atoms with Gasteiger partial charge in [0.2, 0.25) is 24.6 Å². The predicted octanol–water partition coefficient (Wildman–Crippen LogP) is -0.638. The van der Waals surface area contributed by atoms with Gasteiger partial charge in [0, 0.05) is 11.8 Å². The van der Waals surface area contributed by atoms with Crippen LogP contribution < -0.4 is 28.3 Å². The smallest absolute Gasteiger partial charge is 0.220 e. The third-order valence-corrected chi connectivity index (χ3v) is 3.26. The van der Waals surface area contributed by atoms with E-state index in [0.717, 1.165) is 38.5 Å². The van der Waals surface area contributed by atoms with Crippen LogP contribution in [0, 0.1) is 11.8 Å². The van der Waals surface area contributed by atoms with Crippen LogP contribution in [0.1, 0.15) is 55.1 Å². The van der Waals surface area contributed by atoms with Crippen molar-refractivity contribution in [3.05, 3.63) is 0 Å². The molecule has 0 bridgehead atoms. The Morgan fingerprint density at radius 3 is 1.52 bits per heavy atom. The van der Waals surface area contributed by atoms with E-state index in [2.05, 4.69) is 0 Å².